The Bertz CT molecular complexity index is 1480. The molecule has 41 heavy (non-hydrogen) atoms. The SMILES string of the molecule is CC1C(=O)NS(=O)(=O)c2ccc3c(c2)N(C[C@@H]2CCC2COCC(=O)N1C)C[C@@]1(CCCc2cc(Cl)ccc21)CO3. The van der Waals surface area contributed by atoms with Crippen molar-refractivity contribution in [3.05, 3.63) is 52.5 Å². The maximum absolute atomic E-state index is 13.4. The Balaban J connectivity index is 1.41. The molecule has 220 valence electrons. The highest BCUT2D eigenvalue weighted by atomic mass is 35.5. The normalized spacial score (nSPS) is 29.9. The highest BCUT2D eigenvalue weighted by Gasteiger charge is 2.44. The van der Waals surface area contributed by atoms with Crippen molar-refractivity contribution in [2.75, 3.05) is 44.9 Å². The molecule has 4 atom stereocenters. The van der Waals surface area contributed by atoms with E-state index in [1.165, 1.54) is 36.1 Å². The number of nitrogens with zero attached hydrogens (tertiary/aromatic N) is 2. The number of aryl methyl sites for hydroxylation is 1. The first-order chi connectivity index (χ1) is 19.6. The summed E-state index contributed by atoms with van der Waals surface area (Å²) in [5.74, 6) is 0.0783. The number of rotatable bonds is 0. The quantitative estimate of drug-likeness (QED) is 0.493. The van der Waals surface area contributed by atoms with Crippen LogP contribution in [0.25, 0.3) is 0 Å². The number of benzene rings is 2. The summed E-state index contributed by atoms with van der Waals surface area (Å²) in [7, 11) is -2.73. The number of hydrogen-bond donors (Lipinski definition) is 1. The predicted octanol–water partition coefficient (Wildman–Crippen LogP) is 3.52. The van der Waals surface area contributed by atoms with Gasteiger partial charge in [-0.2, -0.15) is 0 Å². The second kappa shape index (κ2) is 10.8. The molecule has 0 aromatic heterocycles. The van der Waals surface area contributed by atoms with Crippen LogP contribution in [0.4, 0.5) is 5.69 Å². The topological polar surface area (TPSA) is 105 Å². The van der Waals surface area contributed by atoms with Gasteiger partial charge in [0.15, 0.2) is 0 Å². The molecule has 1 N–H and O–H groups in total. The van der Waals surface area contributed by atoms with Crippen LogP contribution in [0, 0.1) is 11.8 Å². The monoisotopic (exact) mass is 601 g/mol. The average molecular weight is 602 g/mol. The zero-order chi connectivity index (χ0) is 28.9. The van der Waals surface area contributed by atoms with E-state index >= 15 is 0 Å². The minimum absolute atomic E-state index is 0.0215. The van der Waals surface area contributed by atoms with Crippen LogP contribution < -0.4 is 14.4 Å². The number of amides is 2. The zero-order valence-electron chi connectivity index (χ0n) is 23.4. The Morgan fingerprint density at radius 1 is 1.10 bits per heavy atom. The number of likely N-dealkylation sites (N-methyl/N-ethyl adjacent to an activating group) is 1. The van der Waals surface area contributed by atoms with Gasteiger partial charge in [-0.05, 0) is 92.3 Å². The summed E-state index contributed by atoms with van der Waals surface area (Å²) in [4.78, 5) is 29.1. The smallest absolute Gasteiger partial charge is 0.264 e. The molecule has 1 saturated carbocycles. The van der Waals surface area contributed by atoms with Crippen LogP contribution in [0.2, 0.25) is 5.02 Å². The van der Waals surface area contributed by atoms with Gasteiger partial charge in [-0.1, -0.05) is 17.7 Å². The number of carbonyl (C=O) groups excluding carboxylic acids is 2. The summed E-state index contributed by atoms with van der Waals surface area (Å²) < 4.78 is 41.3. The third kappa shape index (κ3) is 5.30. The number of anilines is 1. The van der Waals surface area contributed by atoms with E-state index in [2.05, 4.69) is 21.8 Å². The molecule has 2 aliphatic carbocycles. The van der Waals surface area contributed by atoms with E-state index in [0.29, 0.717) is 43.7 Å². The summed E-state index contributed by atoms with van der Waals surface area (Å²) in [6.45, 7) is 3.63. The van der Waals surface area contributed by atoms with Gasteiger partial charge in [0.2, 0.25) is 5.91 Å². The fraction of sp³-hybridized carbons (Fsp3) is 0.533. The lowest BCUT2D eigenvalue weighted by atomic mass is 9.69. The second-order valence-electron chi connectivity index (χ2n) is 12.0. The van der Waals surface area contributed by atoms with Gasteiger partial charge < -0.3 is 19.3 Å². The fourth-order valence-electron chi connectivity index (χ4n) is 6.71. The van der Waals surface area contributed by atoms with Crippen molar-refractivity contribution < 1.29 is 27.5 Å². The molecule has 6 rings (SSSR count). The zero-order valence-corrected chi connectivity index (χ0v) is 25.0. The number of hydrogen-bond acceptors (Lipinski definition) is 7. The standard InChI is InChI=1S/C30H36ClN3O6S/c1-19-29(36)32-41(37,38)24-8-10-27-26(13-24)34(14-21-5-6-22(21)15-39-16-28(35)33(19)2)17-30(18-40-27)11-3-4-20-12-23(31)7-9-25(20)30/h7-10,12-13,19,21-22H,3-6,11,14-18H2,1-2H3,(H,32,36)/t19?,21-,22?,30-/m0/s1. The van der Waals surface area contributed by atoms with E-state index < -0.39 is 22.0 Å². The number of halogens is 1. The molecule has 9 nitrogen and oxygen atoms in total. The Kier molecular flexibility index (Phi) is 7.45. The molecule has 0 saturated heterocycles. The molecule has 11 heteroatoms. The van der Waals surface area contributed by atoms with Crippen LogP contribution in [0.15, 0.2) is 41.3 Å². The Morgan fingerprint density at radius 2 is 1.90 bits per heavy atom. The Morgan fingerprint density at radius 3 is 2.68 bits per heavy atom. The maximum atomic E-state index is 13.4. The lowest BCUT2D eigenvalue weighted by Crippen LogP contribution is -2.49. The van der Waals surface area contributed by atoms with Crippen molar-refractivity contribution in [3.63, 3.8) is 0 Å². The van der Waals surface area contributed by atoms with Gasteiger partial charge in [0.05, 0.1) is 23.8 Å². The molecule has 2 aromatic carbocycles. The van der Waals surface area contributed by atoms with Crippen molar-refractivity contribution in [3.8, 4) is 5.75 Å². The third-order valence-corrected chi connectivity index (χ3v) is 11.1. The van der Waals surface area contributed by atoms with Gasteiger partial charge in [0.25, 0.3) is 15.9 Å². The van der Waals surface area contributed by atoms with Crippen LogP contribution in [-0.2, 0) is 36.2 Å². The van der Waals surface area contributed by atoms with Crippen molar-refractivity contribution in [2.45, 2.75) is 55.4 Å². The summed E-state index contributed by atoms with van der Waals surface area (Å²) in [5.41, 5.74) is 2.89. The van der Waals surface area contributed by atoms with E-state index in [1.807, 2.05) is 6.07 Å². The first kappa shape index (κ1) is 28.3. The van der Waals surface area contributed by atoms with Crippen molar-refractivity contribution in [1.82, 2.24) is 9.62 Å². The average Bonchev–Trinajstić information content (AvgIpc) is 3.08. The summed E-state index contributed by atoms with van der Waals surface area (Å²) >= 11 is 6.36. The lowest BCUT2D eigenvalue weighted by Gasteiger charge is -2.44. The Hall–Kier alpha value is -2.82. The second-order valence-corrected chi connectivity index (χ2v) is 14.1. The van der Waals surface area contributed by atoms with E-state index in [1.54, 1.807) is 12.1 Å². The predicted molar refractivity (Wildman–Crippen MR) is 155 cm³/mol. The number of sulfonamides is 1. The van der Waals surface area contributed by atoms with Crippen LogP contribution in [0.5, 0.6) is 5.75 Å². The lowest BCUT2D eigenvalue weighted by molar-refractivity contribution is -0.142. The first-order valence-electron chi connectivity index (χ1n) is 14.3. The van der Waals surface area contributed by atoms with Gasteiger partial charge >= 0.3 is 0 Å². The molecule has 0 radical (unpaired) electrons. The van der Waals surface area contributed by atoms with E-state index in [0.717, 1.165) is 37.1 Å². The summed E-state index contributed by atoms with van der Waals surface area (Å²) in [6, 6.07) is 9.89. The van der Waals surface area contributed by atoms with Crippen molar-refractivity contribution in [1.29, 1.82) is 0 Å². The van der Waals surface area contributed by atoms with Crippen molar-refractivity contribution >= 4 is 39.1 Å². The van der Waals surface area contributed by atoms with Gasteiger partial charge in [0, 0.05) is 30.6 Å². The molecule has 2 unspecified atom stereocenters. The summed E-state index contributed by atoms with van der Waals surface area (Å²) in [5, 5.41) is 0.719. The van der Waals surface area contributed by atoms with Gasteiger partial charge in [-0.25, -0.2) is 13.1 Å². The fourth-order valence-corrected chi connectivity index (χ4v) is 7.97. The van der Waals surface area contributed by atoms with Crippen LogP contribution in [-0.4, -0.2) is 71.1 Å². The largest absolute Gasteiger partial charge is 0.490 e. The highest BCUT2D eigenvalue weighted by Crippen LogP contribution is 2.46. The molecule has 2 aliphatic heterocycles. The Labute approximate surface area is 246 Å². The highest BCUT2D eigenvalue weighted by molar-refractivity contribution is 7.90. The molecule has 2 heterocycles. The third-order valence-electron chi connectivity index (χ3n) is 9.49. The number of carbonyl (C=O) groups is 2. The first-order valence-corrected chi connectivity index (χ1v) is 16.1. The molecular formula is C30H36ClN3O6S. The van der Waals surface area contributed by atoms with Crippen LogP contribution >= 0.6 is 11.6 Å². The van der Waals surface area contributed by atoms with E-state index in [9.17, 15) is 18.0 Å². The molecule has 4 aliphatic rings. The molecule has 2 bridgehead atoms. The van der Waals surface area contributed by atoms with Gasteiger partial charge in [-0.15, -0.1) is 0 Å². The summed E-state index contributed by atoms with van der Waals surface area (Å²) in [6.07, 6.45) is 4.94. The molecule has 2 aromatic rings. The molecule has 1 fully saturated rings. The van der Waals surface area contributed by atoms with Crippen LogP contribution in [0.3, 0.4) is 0 Å². The van der Waals surface area contributed by atoms with Crippen molar-refractivity contribution in [2.24, 2.45) is 11.8 Å². The maximum Gasteiger partial charge on any atom is 0.264 e. The molecular weight excluding hydrogens is 566 g/mol. The van der Waals surface area contributed by atoms with Crippen LogP contribution in [0.1, 0.15) is 43.7 Å². The molecule has 1 spiro atoms. The molecule has 2 amide bonds. The van der Waals surface area contributed by atoms with Gasteiger partial charge in [0.1, 0.15) is 18.4 Å². The number of nitrogens with one attached hydrogen (secondary N) is 1. The minimum atomic E-state index is -4.21. The van der Waals surface area contributed by atoms with E-state index in [-0.39, 0.29) is 28.7 Å². The van der Waals surface area contributed by atoms with Gasteiger partial charge in [-0.3, -0.25) is 9.59 Å². The minimum Gasteiger partial charge on any atom is -0.490 e. The number of fused-ring (bicyclic) bond motifs is 4. The number of ether oxygens (including phenoxy) is 2. The van der Waals surface area contributed by atoms with E-state index in [4.69, 9.17) is 21.1 Å².